The van der Waals surface area contributed by atoms with E-state index < -0.39 is 0 Å². The SMILES string of the molecule is CN(C)C(=O)c1cc(NC(=O)COC(C)(C)C)ccc1Cl. The number of rotatable bonds is 4. The number of halogens is 1. The maximum Gasteiger partial charge on any atom is 0.254 e. The first-order valence-electron chi connectivity index (χ1n) is 6.55. The van der Waals surface area contributed by atoms with Crippen molar-refractivity contribution >= 4 is 29.1 Å². The van der Waals surface area contributed by atoms with Crippen LogP contribution in [0.25, 0.3) is 0 Å². The summed E-state index contributed by atoms with van der Waals surface area (Å²) >= 11 is 6.01. The van der Waals surface area contributed by atoms with Gasteiger partial charge < -0.3 is 15.0 Å². The minimum Gasteiger partial charge on any atom is -0.366 e. The number of amides is 2. The third-order valence-electron chi connectivity index (χ3n) is 2.52. The minimum atomic E-state index is -0.386. The summed E-state index contributed by atoms with van der Waals surface area (Å²) in [5.41, 5.74) is 0.465. The smallest absolute Gasteiger partial charge is 0.254 e. The van der Waals surface area contributed by atoms with Gasteiger partial charge in [0.05, 0.1) is 16.2 Å². The predicted molar refractivity (Wildman–Crippen MR) is 83.8 cm³/mol. The molecule has 0 bridgehead atoms. The van der Waals surface area contributed by atoms with Crippen molar-refractivity contribution in [2.45, 2.75) is 26.4 Å². The Balaban J connectivity index is 2.79. The molecule has 21 heavy (non-hydrogen) atoms. The van der Waals surface area contributed by atoms with Gasteiger partial charge in [0.2, 0.25) is 5.91 Å². The van der Waals surface area contributed by atoms with Crippen LogP contribution in [0, 0.1) is 0 Å². The van der Waals surface area contributed by atoms with E-state index >= 15 is 0 Å². The van der Waals surface area contributed by atoms with Gasteiger partial charge in [-0.3, -0.25) is 9.59 Å². The highest BCUT2D eigenvalue weighted by Gasteiger charge is 2.15. The van der Waals surface area contributed by atoms with Crippen LogP contribution in [-0.2, 0) is 9.53 Å². The maximum absolute atomic E-state index is 12.0. The molecular weight excluding hydrogens is 292 g/mol. The summed E-state index contributed by atoms with van der Waals surface area (Å²) < 4.78 is 5.39. The fourth-order valence-corrected chi connectivity index (χ4v) is 1.69. The lowest BCUT2D eigenvalue weighted by molar-refractivity contribution is -0.125. The second kappa shape index (κ2) is 6.91. The standard InChI is InChI=1S/C15H21ClN2O3/c1-15(2,3)21-9-13(19)17-10-6-7-12(16)11(8-10)14(20)18(4)5/h6-8H,9H2,1-5H3,(H,17,19). The van der Waals surface area contributed by atoms with Gasteiger partial charge in [-0.1, -0.05) is 11.6 Å². The van der Waals surface area contributed by atoms with Crippen LogP contribution in [0.2, 0.25) is 5.02 Å². The fourth-order valence-electron chi connectivity index (χ4n) is 1.49. The largest absolute Gasteiger partial charge is 0.366 e. The van der Waals surface area contributed by atoms with Gasteiger partial charge >= 0.3 is 0 Å². The van der Waals surface area contributed by atoms with Crippen molar-refractivity contribution in [3.05, 3.63) is 28.8 Å². The molecule has 0 unspecified atom stereocenters. The average molecular weight is 313 g/mol. The molecule has 0 aliphatic heterocycles. The molecule has 0 fully saturated rings. The number of carbonyl (C=O) groups is 2. The van der Waals surface area contributed by atoms with Gasteiger partial charge in [0.25, 0.3) is 5.91 Å². The highest BCUT2D eigenvalue weighted by atomic mass is 35.5. The number of ether oxygens (including phenoxy) is 1. The molecular formula is C15H21ClN2O3. The van der Waals surface area contributed by atoms with Gasteiger partial charge in [-0.05, 0) is 39.0 Å². The van der Waals surface area contributed by atoms with Crippen molar-refractivity contribution in [2.75, 3.05) is 26.0 Å². The molecule has 1 N–H and O–H groups in total. The lowest BCUT2D eigenvalue weighted by Crippen LogP contribution is -2.27. The molecule has 0 spiro atoms. The third-order valence-corrected chi connectivity index (χ3v) is 2.85. The zero-order valence-electron chi connectivity index (χ0n) is 13.0. The van der Waals surface area contributed by atoms with E-state index in [0.29, 0.717) is 16.3 Å². The van der Waals surface area contributed by atoms with Crippen LogP contribution >= 0.6 is 11.6 Å². The number of carbonyl (C=O) groups excluding carboxylic acids is 2. The zero-order chi connectivity index (χ0) is 16.2. The summed E-state index contributed by atoms with van der Waals surface area (Å²) in [6, 6.07) is 4.78. The van der Waals surface area contributed by atoms with Crippen LogP contribution in [0.3, 0.4) is 0 Å². The number of nitrogens with zero attached hydrogens (tertiary/aromatic N) is 1. The van der Waals surface area contributed by atoms with Crippen LogP contribution < -0.4 is 5.32 Å². The molecule has 2 amide bonds. The Hall–Kier alpha value is -1.59. The number of benzene rings is 1. The highest BCUT2D eigenvalue weighted by molar-refractivity contribution is 6.34. The quantitative estimate of drug-likeness (QED) is 0.930. The molecule has 0 aliphatic rings. The second-order valence-corrected chi connectivity index (χ2v) is 6.25. The molecule has 0 atom stereocenters. The van der Waals surface area contributed by atoms with E-state index in [-0.39, 0.29) is 24.0 Å². The molecule has 0 saturated heterocycles. The first kappa shape index (κ1) is 17.5. The van der Waals surface area contributed by atoms with Gasteiger partial charge in [0, 0.05) is 19.8 Å². The monoisotopic (exact) mass is 312 g/mol. The van der Waals surface area contributed by atoms with E-state index in [1.54, 1.807) is 32.3 Å². The van der Waals surface area contributed by atoms with Gasteiger partial charge in [-0.25, -0.2) is 0 Å². The molecule has 6 heteroatoms. The minimum absolute atomic E-state index is 0.0525. The molecule has 1 aromatic rings. The second-order valence-electron chi connectivity index (χ2n) is 5.84. The lowest BCUT2D eigenvalue weighted by Gasteiger charge is -2.19. The first-order valence-corrected chi connectivity index (χ1v) is 6.93. The molecule has 116 valence electrons. The molecule has 0 aromatic heterocycles. The van der Waals surface area contributed by atoms with Gasteiger partial charge in [-0.2, -0.15) is 0 Å². The van der Waals surface area contributed by atoms with Crippen molar-refractivity contribution in [3.63, 3.8) is 0 Å². The van der Waals surface area contributed by atoms with E-state index in [2.05, 4.69) is 5.32 Å². The van der Waals surface area contributed by atoms with Crippen LogP contribution in [-0.4, -0.2) is 43.0 Å². The van der Waals surface area contributed by atoms with Crippen molar-refractivity contribution in [1.29, 1.82) is 0 Å². The van der Waals surface area contributed by atoms with Crippen molar-refractivity contribution in [3.8, 4) is 0 Å². The molecule has 1 aromatic carbocycles. The van der Waals surface area contributed by atoms with Crippen molar-refractivity contribution in [1.82, 2.24) is 4.90 Å². The molecule has 0 aliphatic carbocycles. The lowest BCUT2D eigenvalue weighted by atomic mass is 10.1. The average Bonchev–Trinajstić information content (AvgIpc) is 2.37. The van der Waals surface area contributed by atoms with Crippen LogP contribution in [0.1, 0.15) is 31.1 Å². The first-order chi connectivity index (χ1) is 9.60. The number of hydrogen-bond donors (Lipinski definition) is 1. The summed E-state index contributed by atoms with van der Waals surface area (Å²) in [7, 11) is 3.28. The summed E-state index contributed by atoms with van der Waals surface area (Å²) in [5, 5.41) is 3.03. The van der Waals surface area contributed by atoms with E-state index in [1.165, 1.54) is 4.90 Å². The topological polar surface area (TPSA) is 58.6 Å². The summed E-state index contributed by atoms with van der Waals surface area (Å²) in [6.45, 7) is 5.56. The van der Waals surface area contributed by atoms with Crippen molar-refractivity contribution < 1.29 is 14.3 Å². The van der Waals surface area contributed by atoms with Gasteiger partial charge in [0.1, 0.15) is 6.61 Å². The Morgan fingerprint density at radius 2 is 1.90 bits per heavy atom. The molecule has 1 rings (SSSR count). The molecule has 0 saturated carbocycles. The van der Waals surface area contributed by atoms with Crippen LogP contribution in [0.15, 0.2) is 18.2 Å². The summed E-state index contributed by atoms with van der Waals surface area (Å²) in [6.07, 6.45) is 0. The Morgan fingerprint density at radius 1 is 1.29 bits per heavy atom. The normalized spacial score (nSPS) is 11.1. The van der Waals surface area contributed by atoms with E-state index in [4.69, 9.17) is 16.3 Å². The zero-order valence-corrected chi connectivity index (χ0v) is 13.7. The predicted octanol–water partition coefficient (Wildman–Crippen LogP) is 2.80. The molecule has 0 radical (unpaired) electrons. The molecule has 5 nitrogen and oxygen atoms in total. The Labute approximate surface area is 130 Å². The number of anilines is 1. The summed E-state index contributed by atoms with van der Waals surface area (Å²) in [4.78, 5) is 25.2. The van der Waals surface area contributed by atoms with E-state index in [1.807, 2.05) is 20.8 Å². The van der Waals surface area contributed by atoms with E-state index in [9.17, 15) is 9.59 Å². The van der Waals surface area contributed by atoms with Crippen molar-refractivity contribution in [2.24, 2.45) is 0 Å². The number of hydrogen-bond acceptors (Lipinski definition) is 3. The third kappa shape index (κ3) is 5.73. The Bertz CT molecular complexity index is 536. The number of nitrogens with one attached hydrogen (secondary N) is 1. The van der Waals surface area contributed by atoms with Crippen LogP contribution in [0.5, 0.6) is 0 Å². The highest BCUT2D eigenvalue weighted by Crippen LogP contribution is 2.21. The fraction of sp³-hybridized carbons (Fsp3) is 0.467. The summed E-state index contributed by atoms with van der Waals surface area (Å²) in [5.74, 6) is -0.502. The maximum atomic E-state index is 12.0. The van der Waals surface area contributed by atoms with Crippen LogP contribution in [0.4, 0.5) is 5.69 Å². The molecule has 0 heterocycles. The van der Waals surface area contributed by atoms with Gasteiger partial charge in [0.15, 0.2) is 0 Å². The van der Waals surface area contributed by atoms with E-state index in [0.717, 1.165) is 0 Å². The Kier molecular flexibility index (Phi) is 5.75. The Morgan fingerprint density at radius 3 is 2.43 bits per heavy atom. The van der Waals surface area contributed by atoms with Gasteiger partial charge in [-0.15, -0.1) is 0 Å².